The molecule has 5 nitrogen and oxygen atoms in total. The lowest BCUT2D eigenvalue weighted by molar-refractivity contribution is 0.107. The van der Waals surface area contributed by atoms with Crippen molar-refractivity contribution in [2.75, 3.05) is 26.3 Å². The number of hydrogen-bond acceptors (Lipinski definition) is 5. The van der Waals surface area contributed by atoms with Gasteiger partial charge in [-0.2, -0.15) is 0 Å². The third-order valence-corrected chi connectivity index (χ3v) is 6.16. The summed E-state index contributed by atoms with van der Waals surface area (Å²) in [6, 6.07) is 37.1. The molecule has 0 aliphatic carbocycles. The van der Waals surface area contributed by atoms with Crippen LogP contribution in [-0.2, 0) is 27.3 Å². The van der Waals surface area contributed by atoms with Gasteiger partial charge in [-0.1, -0.05) is 109 Å². The smallest absolute Gasteiger partial charge is 0.362 e. The van der Waals surface area contributed by atoms with Gasteiger partial charge in [-0.15, -0.1) is 0 Å². The molecule has 0 heterocycles. The highest BCUT2D eigenvalue weighted by Gasteiger charge is 2.24. The van der Waals surface area contributed by atoms with Gasteiger partial charge in [0.1, 0.15) is 0 Å². The van der Waals surface area contributed by atoms with Crippen molar-refractivity contribution in [2.24, 2.45) is 11.5 Å². The van der Waals surface area contributed by atoms with Gasteiger partial charge in [-0.3, -0.25) is 0 Å². The molecule has 0 amide bonds. The minimum Gasteiger partial charge on any atom is -0.426 e. The van der Waals surface area contributed by atoms with Crippen LogP contribution in [0.3, 0.4) is 0 Å². The Balaban J connectivity index is 1.43. The third-order valence-electron chi connectivity index (χ3n) is 6.16. The maximum absolute atomic E-state index is 6.17. The Bertz CT molecular complexity index is 1190. The van der Waals surface area contributed by atoms with Crippen molar-refractivity contribution in [2.45, 2.75) is 13.2 Å². The molecule has 0 unspecified atom stereocenters. The van der Waals surface area contributed by atoms with Crippen molar-refractivity contribution in [3.63, 3.8) is 0 Å². The minimum absolute atomic E-state index is 0.143. The maximum Gasteiger partial charge on any atom is 0.362 e. The summed E-state index contributed by atoms with van der Waals surface area (Å²) in [7, 11) is 0. The quantitative estimate of drug-likeness (QED) is 0.262. The van der Waals surface area contributed by atoms with E-state index in [9.17, 15) is 0 Å². The number of nitrogens with two attached hydrogens (primary N) is 2. The van der Waals surface area contributed by atoms with Crippen LogP contribution in [0.15, 0.2) is 109 Å². The number of benzene rings is 4. The lowest BCUT2D eigenvalue weighted by atomic mass is 9.54. The average Bonchev–Trinajstić information content (AvgIpc) is 2.96. The molecule has 0 atom stereocenters. The zero-order valence-electron chi connectivity index (χ0n) is 21.2. The van der Waals surface area contributed by atoms with E-state index >= 15 is 0 Å². The summed E-state index contributed by atoms with van der Waals surface area (Å²) in [6.07, 6.45) is 0. The van der Waals surface area contributed by atoms with Crippen molar-refractivity contribution in [3.8, 4) is 0 Å². The molecule has 0 spiro atoms. The van der Waals surface area contributed by atoms with Gasteiger partial charge >= 0.3 is 13.8 Å². The molecular weight excluding hydrogens is 458 g/mol. The highest BCUT2D eigenvalue weighted by atomic mass is 16.5. The first-order chi connectivity index (χ1) is 18.3. The predicted molar refractivity (Wildman–Crippen MR) is 154 cm³/mol. The Morgan fingerprint density at radius 2 is 1.03 bits per heavy atom. The summed E-state index contributed by atoms with van der Waals surface area (Å²) in [5.41, 5.74) is 18.0. The van der Waals surface area contributed by atoms with E-state index in [2.05, 4.69) is 60.7 Å². The molecule has 0 fully saturated rings. The van der Waals surface area contributed by atoms with Crippen LogP contribution in [0.4, 0.5) is 0 Å². The van der Waals surface area contributed by atoms with Crippen molar-refractivity contribution in [3.05, 3.63) is 120 Å². The second-order valence-electron chi connectivity index (χ2n) is 8.83. The normalized spacial score (nSPS) is 10.9. The molecule has 0 bridgehead atoms. The van der Waals surface area contributed by atoms with Crippen LogP contribution in [0, 0.1) is 0 Å². The molecule has 7 heteroatoms. The van der Waals surface area contributed by atoms with Crippen LogP contribution in [-0.4, -0.2) is 40.1 Å². The molecule has 4 aromatic rings. The zero-order chi connectivity index (χ0) is 25.7. The molecular formula is C30H34B2N2O3. The van der Waals surface area contributed by atoms with E-state index in [0.29, 0.717) is 39.5 Å². The average molecular weight is 492 g/mol. The first kappa shape index (κ1) is 26.9. The van der Waals surface area contributed by atoms with Gasteiger partial charge in [0, 0.05) is 26.3 Å². The topological polar surface area (TPSA) is 79.7 Å². The van der Waals surface area contributed by atoms with E-state index in [1.807, 2.05) is 48.5 Å². The number of ether oxygens (including phenoxy) is 1. The molecule has 0 aliphatic rings. The Kier molecular flexibility index (Phi) is 10.5. The molecule has 0 saturated carbocycles. The second kappa shape index (κ2) is 14.5. The molecule has 37 heavy (non-hydrogen) atoms. The van der Waals surface area contributed by atoms with Crippen LogP contribution < -0.4 is 33.3 Å². The SMILES string of the molecule is NCCOB(c1ccccc1)c1ccc(COCc2ccccc2B(OCCN)c2ccccc2)cc1. The van der Waals surface area contributed by atoms with Gasteiger partial charge in [0.25, 0.3) is 0 Å². The molecule has 188 valence electrons. The summed E-state index contributed by atoms with van der Waals surface area (Å²) in [4.78, 5) is 0. The van der Waals surface area contributed by atoms with Crippen molar-refractivity contribution in [1.82, 2.24) is 0 Å². The van der Waals surface area contributed by atoms with E-state index < -0.39 is 0 Å². The van der Waals surface area contributed by atoms with Crippen LogP contribution in [0.2, 0.25) is 0 Å². The summed E-state index contributed by atoms with van der Waals surface area (Å²) < 4.78 is 18.4. The van der Waals surface area contributed by atoms with E-state index in [-0.39, 0.29) is 13.8 Å². The lowest BCUT2D eigenvalue weighted by Crippen LogP contribution is -2.47. The van der Waals surface area contributed by atoms with Crippen molar-refractivity contribution >= 4 is 35.7 Å². The fourth-order valence-electron chi connectivity index (χ4n) is 4.37. The second-order valence-corrected chi connectivity index (χ2v) is 8.83. The Hall–Kier alpha value is -3.19. The Morgan fingerprint density at radius 1 is 0.514 bits per heavy atom. The summed E-state index contributed by atoms with van der Waals surface area (Å²) >= 11 is 0. The van der Waals surface area contributed by atoms with Gasteiger partial charge in [-0.25, -0.2) is 0 Å². The molecule has 0 saturated heterocycles. The largest absolute Gasteiger partial charge is 0.426 e. The van der Waals surface area contributed by atoms with Gasteiger partial charge < -0.3 is 25.5 Å². The highest BCUT2D eigenvalue weighted by Crippen LogP contribution is 2.07. The summed E-state index contributed by atoms with van der Waals surface area (Å²) in [5, 5.41) is 0. The van der Waals surface area contributed by atoms with Gasteiger partial charge in [0.15, 0.2) is 0 Å². The lowest BCUT2D eigenvalue weighted by Gasteiger charge is -2.18. The maximum atomic E-state index is 6.17. The molecule has 4 aromatic carbocycles. The van der Waals surface area contributed by atoms with Crippen LogP contribution in [0.25, 0.3) is 0 Å². The number of hydrogen-bond donors (Lipinski definition) is 2. The van der Waals surface area contributed by atoms with Crippen LogP contribution >= 0.6 is 0 Å². The van der Waals surface area contributed by atoms with E-state index in [1.165, 1.54) is 0 Å². The van der Waals surface area contributed by atoms with E-state index in [4.69, 9.17) is 25.5 Å². The summed E-state index contributed by atoms with van der Waals surface area (Å²) in [5.74, 6) is 0. The molecule has 0 radical (unpaired) electrons. The van der Waals surface area contributed by atoms with E-state index in [0.717, 1.165) is 33.0 Å². The Morgan fingerprint density at radius 3 is 1.65 bits per heavy atom. The van der Waals surface area contributed by atoms with E-state index in [1.54, 1.807) is 0 Å². The monoisotopic (exact) mass is 492 g/mol. The van der Waals surface area contributed by atoms with Crippen molar-refractivity contribution < 1.29 is 14.0 Å². The molecule has 0 aliphatic heterocycles. The van der Waals surface area contributed by atoms with Crippen LogP contribution in [0.1, 0.15) is 11.1 Å². The van der Waals surface area contributed by atoms with Gasteiger partial charge in [0.2, 0.25) is 0 Å². The predicted octanol–water partition coefficient (Wildman–Crippen LogP) is 1.57. The zero-order valence-corrected chi connectivity index (χ0v) is 21.2. The summed E-state index contributed by atoms with van der Waals surface area (Å²) in [6.45, 7) is 2.61. The highest BCUT2D eigenvalue weighted by molar-refractivity contribution is 6.80. The van der Waals surface area contributed by atoms with Gasteiger partial charge in [0.05, 0.1) is 13.2 Å². The fraction of sp³-hybridized carbons (Fsp3) is 0.200. The van der Waals surface area contributed by atoms with Gasteiger partial charge in [-0.05, 0) is 33.0 Å². The molecule has 4 N–H and O–H groups in total. The molecule has 0 aromatic heterocycles. The molecule has 4 rings (SSSR count). The van der Waals surface area contributed by atoms with Crippen molar-refractivity contribution in [1.29, 1.82) is 0 Å². The first-order valence-electron chi connectivity index (χ1n) is 12.8. The fourth-order valence-corrected chi connectivity index (χ4v) is 4.37. The number of rotatable bonds is 14. The Labute approximate surface area is 221 Å². The first-order valence-corrected chi connectivity index (χ1v) is 12.8. The third kappa shape index (κ3) is 7.65. The minimum atomic E-state index is -0.188. The van der Waals surface area contributed by atoms with Crippen LogP contribution in [0.5, 0.6) is 0 Å². The standard InChI is InChI=1S/C30H34B2N2O3/c33-19-21-36-31(27-10-3-1-4-11-27)29-17-15-25(16-18-29)23-35-24-26-9-7-8-14-30(26)32(37-22-20-34)28-12-5-2-6-13-28/h1-18H,19-24,33-34H2.